The van der Waals surface area contributed by atoms with E-state index < -0.39 is 10.0 Å². The van der Waals surface area contributed by atoms with Crippen molar-refractivity contribution >= 4 is 15.9 Å². The lowest BCUT2D eigenvalue weighted by Gasteiger charge is -2.39. The van der Waals surface area contributed by atoms with Gasteiger partial charge in [-0.2, -0.15) is 4.31 Å². The number of likely N-dealkylation sites (tertiary alicyclic amines) is 1. The number of piperidine rings is 2. The highest BCUT2D eigenvalue weighted by Gasteiger charge is 2.37. The molecule has 1 N–H and O–H groups in total. The Balaban J connectivity index is 1.33. The van der Waals surface area contributed by atoms with Crippen molar-refractivity contribution < 1.29 is 17.7 Å². The van der Waals surface area contributed by atoms with E-state index in [1.54, 1.807) is 10.4 Å². The van der Waals surface area contributed by atoms with E-state index >= 15 is 0 Å². The number of sulfonamides is 1. The van der Waals surface area contributed by atoms with E-state index in [-0.39, 0.29) is 29.7 Å². The molecule has 0 aromatic carbocycles. The van der Waals surface area contributed by atoms with Gasteiger partial charge in [0.05, 0.1) is 5.75 Å². The second-order valence-corrected chi connectivity index (χ2v) is 11.2. The molecule has 0 unspecified atom stereocenters. The number of amides is 1. The maximum Gasteiger partial charge on any atom is 0.273 e. The molecule has 9 heteroatoms. The van der Waals surface area contributed by atoms with Crippen molar-refractivity contribution in [1.29, 1.82) is 0 Å². The van der Waals surface area contributed by atoms with Crippen LogP contribution in [0.15, 0.2) is 10.6 Å². The lowest BCUT2D eigenvalue weighted by Crippen LogP contribution is -2.53. The molecule has 0 bridgehead atoms. The average Bonchev–Trinajstić information content (AvgIpc) is 3.45. The Bertz CT molecular complexity index is 843. The third kappa shape index (κ3) is 5.06. The van der Waals surface area contributed by atoms with Crippen LogP contribution in [0.3, 0.4) is 0 Å². The molecule has 3 aliphatic rings. The summed E-state index contributed by atoms with van der Waals surface area (Å²) >= 11 is 0. The van der Waals surface area contributed by atoms with Gasteiger partial charge in [-0.3, -0.25) is 4.79 Å². The summed E-state index contributed by atoms with van der Waals surface area (Å²) in [6.07, 6.45) is 6.09. The van der Waals surface area contributed by atoms with E-state index in [9.17, 15) is 13.2 Å². The number of rotatable bonds is 7. The van der Waals surface area contributed by atoms with Crippen LogP contribution in [-0.4, -0.2) is 73.2 Å². The summed E-state index contributed by atoms with van der Waals surface area (Å²) in [5.41, 5.74) is 0.322. The lowest BCUT2D eigenvalue weighted by atomic mass is 9.97. The first-order valence-electron chi connectivity index (χ1n) is 11.3. The van der Waals surface area contributed by atoms with E-state index in [1.165, 1.54) is 0 Å². The van der Waals surface area contributed by atoms with Gasteiger partial charge >= 0.3 is 0 Å². The van der Waals surface area contributed by atoms with Crippen molar-refractivity contribution in [3.63, 3.8) is 0 Å². The van der Waals surface area contributed by atoms with E-state index in [2.05, 4.69) is 22.4 Å². The second-order valence-electron chi connectivity index (χ2n) is 9.28. The second kappa shape index (κ2) is 8.96. The highest BCUT2D eigenvalue weighted by molar-refractivity contribution is 7.89. The molecule has 1 aromatic heterocycles. The van der Waals surface area contributed by atoms with Crippen LogP contribution < -0.4 is 5.32 Å². The Morgan fingerprint density at radius 2 is 1.93 bits per heavy atom. The third-order valence-corrected chi connectivity index (χ3v) is 8.94. The molecule has 0 spiro atoms. The van der Waals surface area contributed by atoms with Crippen molar-refractivity contribution in [3.8, 4) is 0 Å². The van der Waals surface area contributed by atoms with Crippen LogP contribution in [0, 0.1) is 5.92 Å². The molecule has 4 rings (SSSR count). The fourth-order valence-corrected chi connectivity index (χ4v) is 6.93. The Kier molecular flexibility index (Phi) is 6.50. The Labute approximate surface area is 179 Å². The molecule has 3 fully saturated rings. The molecule has 3 heterocycles. The van der Waals surface area contributed by atoms with Crippen molar-refractivity contribution in [2.75, 3.05) is 32.4 Å². The molecule has 8 nitrogen and oxygen atoms in total. The summed E-state index contributed by atoms with van der Waals surface area (Å²) in [7, 11) is -1.20. The fraction of sp³-hybridized carbons (Fsp3) is 0.810. The van der Waals surface area contributed by atoms with Crippen LogP contribution in [0.4, 0.5) is 0 Å². The van der Waals surface area contributed by atoms with Crippen LogP contribution in [0.2, 0.25) is 0 Å². The largest absolute Gasteiger partial charge is 0.360 e. The van der Waals surface area contributed by atoms with Crippen LogP contribution in [0.5, 0.6) is 0 Å². The number of hydrogen-bond donors (Lipinski definition) is 1. The molecular formula is C21H34N4O4S. The number of carbonyl (C=O) groups is 1. The molecule has 1 amide bonds. The summed E-state index contributed by atoms with van der Waals surface area (Å²) in [6, 6.07) is 1.63. The molecule has 30 heavy (non-hydrogen) atoms. The van der Waals surface area contributed by atoms with E-state index in [1.807, 2.05) is 6.92 Å². The first kappa shape index (κ1) is 21.8. The number of nitrogens with zero attached hydrogens (tertiary/aromatic N) is 3. The van der Waals surface area contributed by atoms with Crippen LogP contribution in [0.25, 0.3) is 0 Å². The number of aromatic nitrogens is 1. The smallest absolute Gasteiger partial charge is 0.273 e. The summed E-state index contributed by atoms with van der Waals surface area (Å²) in [6.45, 7) is 4.42. The Morgan fingerprint density at radius 1 is 1.20 bits per heavy atom. The standard InChI is InChI=1S/C21H34N4O4S/c1-3-18-12-17(22-21(26)19-13-20(29-23-19)16-4-5-16)8-11-25(18)30(27,28)14-15-6-9-24(2)10-7-15/h13,15-18H,3-12,14H2,1-2H3,(H,22,26)/t17-,18-/m1/s1. The predicted octanol–water partition coefficient (Wildman–Crippen LogP) is 2.20. The monoisotopic (exact) mass is 438 g/mol. The minimum Gasteiger partial charge on any atom is -0.360 e. The molecule has 2 atom stereocenters. The summed E-state index contributed by atoms with van der Waals surface area (Å²) < 4.78 is 33.2. The number of carbonyl (C=O) groups excluding carboxylic acids is 1. The van der Waals surface area contributed by atoms with E-state index in [0.29, 0.717) is 31.0 Å². The molecule has 0 radical (unpaired) electrons. The van der Waals surface area contributed by atoms with Gasteiger partial charge in [0.2, 0.25) is 10.0 Å². The van der Waals surface area contributed by atoms with E-state index in [0.717, 1.165) is 51.0 Å². The predicted molar refractivity (Wildman–Crippen MR) is 114 cm³/mol. The normalized spacial score (nSPS) is 27.3. The van der Waals surface area contributed by atoms with Gasteiger partial charge < -0.3 is 14.7 Å². The van der Waals surface area contributed by atoms with Gasteiger partial charge in [0.15, 0.2) is 5.69 Å². The van der Waals surface area contributed by atoms with E-state index in [4.69, 9.17) is 4.52 Å². The van der Waals surface area contributed by atoms with Gasteiger partial charge in [0, 0.05) is 30.6 Å². The van der Waals surface area contributed by atoms with Gasteiger partial charge in [-0.1, -0.05) is 12.1 Å². The Morgan fingerprint density at radius 3 is 2.60 bits per heavy atom. The van der Waals surface area contributed by atoms with Crippen molar-refractivity contribution in [2.45, 2.75) is 69.9 Å². The van der Waals surface area contributed by atoms with Gasteiger partial charge in [-0.05, 0) is 71.0 Å². The molecule has 168 valence electrons. The van der Waals surface area contributed by atoms with Crippen molar-refractivity contribution in [2.24, 2.45) is 5.92 Å². The maximum absolute atomic E-state index is 13.1. The zero-order valence-electron chi connectivity index (χ0n) is 18.0. The molecule has 1 saturated carbocycles. The maximum atomic E-state index is 13.1. The molecule has 2 aliphatic heterocycles. The first-order chi connectivity index (χ1) is 14.4. The van der Waals surface area contributed by atoms with Crippen LogP contribution in [-0.2, 0) is 10.0 Å². The molecule has 1 aromatic rings. The highest BCUT2D eigenvalue weighted by atomic mass is 32.2. The van der Waals surface area contributed by atoms with Gasteiger partial charge in [0.1, 0.15) is 5.76 Å². The molecular weight excluding hydrogens is 404 g/mol. The summed E-state index contributed by atoms with van der Waals surface area (Å²) in [5.74, 6) is 1.47. The van der Waals surface area contributed by atoms with Gasteiger partial charge in [0.25, 0.3) is 5.91 Å². The van der Waals surface area contributed by atoms with Crippen molar-refractivity contribution in [3.05, 3.63) is 17.5 Å². The summed E-state index contributed by atoms with van der Waals surface area (Å²) in [4.78, 5) is 14.8. The van der Waals surface area contributed by atoms with Gasteiger partial charge in [-0.25, -0.2) is 8.42 Å². The average molecular weight is 439 g/mol. The minimum atomic E-state index is -3.29. The molecule has 2 saturated heterocycles. The van der Waals surface area contributed by atoms with Crippen LogP contribution in [0.1, 0.15) is 74.0 Å². The first-order valence-corrected chi connectivity index (χ1v) is 12.9. The Hall–Kier alpha value is -1.45. The minimum absolute atomic E-state index is 0.0432. The highest BCUT2D eigenvalue weighted by Crippen LogP contribution is 2.40. The number of hydrogen-bond acceptors (Lipinski definition) is 6. The number of nitrogens with one attached hydrogen (secondary N) is 1. The quantitative estimate of drug-likeness (QED) is 0.701. The van der Waals surface area contributed by atoms with Crippen molar-refractivity contribution in [1.82, 2.24) is 19.7 Å². The fourth-order valence-electron chi connectivity index (χ4n) is 4.74. The topological polar surface area (TPSA) is 95.7 Å². The zero-order chi connectivity index (χ0) is 21.3. The molecule has 1 aliphatic carbocycles. The lowest BCUT2D eigenvalue weighted by molar-refractivity contribution is 0.0901. The van der Waals surface area contributed by atoms with Gasteiger partial charge in [-0.15, -0.1) is 0 Å². The zero-order valence-corrected chi connectivity index (χ0v) is 18.9. The SMILES string of the molecule is CC[C@@H]1C[C@H](NC(=O)c2cc(C3CC3)on2)CCN1S(=O)(=O)CC1CCN(C)CC1. The summed E-state index contributed by atoms with van der Waals surface area (Å²) in [5, 5.41) is 6.95. The van der Waals surface area contributed by atoms with Crippen LogP contribution >= 0.6 is 0 Å². The third-order valence-electron chi connectivity index (χ3n) is 6.85.